The third-order valence-corrected chi connectivity index (χ3v) is 4.33. The Morgan fingerprint density at radius 2 is 1.90 bits per heavy atom. The first-order chi connectivity index (χ1) is 9.56. The molecule has 0 atom stereocenters. The van der Waals surface area contributed by atoms with E-state index in [1.807, 2.05) is 13.8 Å². The molecule has 1 N–H and O–H groups in total. The smallest absolute Gasteiger partial charge is 0.271 e. The molecule has 0 saturated heterocycles. The predicted octanol–water partition coefficient (Wildman–Crippen LogP) is 3.17. The first-order valence-corrected chi connectivity index (χ1v) is 7.77. The lowest BCUT2D eigenvalue weighted by molar-refractivity contribution is 0.0921. The van der Waals surface area contributed by atoms with Crippen LogP contribution in [0.3, 0.4) is 0 Å². The third kappa shape index (κ3) is 2.95. The van der Waals surface area contributed by atoms with Gasteiger partial charge in [0.25, 0.3) is 5.91 Å². The fraction of sp³-hybridized carbons (Fsp3) is 0.667. The zero-order valence-corrected chi connectivity index (χ0v) is 12.7. The molecule has 3 rings (SSSR count). The second-order valence-corrected chi connectivity index (χ2v) is 6.66. The van der Waals surface area contributed by atoms with Gasteiger partial charge in [-0.1, -0.05) is 25.4 Å². The van der Waals surface area contributed by atoms with Gasteiger partial charge in [-0.15, -0.1) is 0 Å². The van der Waals surface area contributed by atoms with Gasteiger partial charge in [-0.3, -0.25) is 4.79 Å². The average Bonchev–Trinajstić information content (AvgIpc) is 3.28. The van der Waals surface area contributed by atoms with Gasteiger partial charge in [0.1, 0.15) is 11.5 Å². The van der Waals surface area contributed by atoms with Crippen molar-refractivity contribution in [2.45, 2.75) is 51.5 Å². The lowest BCUT2D eigenvalue weighted by Crippen LogP contribution is -2.38. The van der Waals surface area contributed by atoms with Gasteiger partial charge in [-0.05, 0) is 37.5 Å². The minimum Gasteiger partial charge on any atom is -0.347 e. The average molecular weight is 294 g/mol. The number of aromatic nitrogens is 2. The molecule has 5 heteroatoms. The third-order valence-electron chi connectivity index (χ3n) is 4.05. The Hall–Kier alpha value is -1.16. The quantitative estimate of drug-likeness (QED) is 0.907. The minimum atomic E-state index is -0.150. The normalized spacial score (nSPS) is 18.6. The largest absolute Gasteiger partial charge is 0.347 e. The molecular weight excluding hydrogens is 274 g/mol. The van der Waals surface area contributed by atoms with Gasteiger partial charge in [0.05, 0.1) is 11.2 Å². The molecule has 0 spiro atoms. The summed E-state index contributed by atoms with van der Waals surface area (Å²) in [4.78, 5) is 20.9. The first kappa shape index (κ1) is 13.8. The van der Waals surface area contributed by atoms with E-state index in [0.29, 0.717) is 34.4 Å². The fourth-order valence-corrected chi connectivity index (χ4v) is 2.75. The van der Waals surface area contributed by atoms with Crippen molar-refractivity contribution in [1.29, 1.82) is 0 Å². The number of rotatable bonds is 5. The number of hydrogen-bond acceptors (Lipinski definition) is 3. The van der Waals surface area contributed by atoms with Crippen LogP contribution < -0.4 is 5.32 Å². The first-order valence-electron chi connectivity index (χ1n) is 7.39. The van der Waals surface area contributed by atoms with Crippen LogP contribution in [-0.2, 0) is 0 Å². The lowest BCUT2D eigenvalue weighted by atomic mass is 10.1. The predicted molar refractivity (Wildman–Crippen MR) is 77.8 cm³/mol. The summed E-state index contributed by atoms with van der Waals surface area (Å²) in [7, 11) is 0. The van der Waals surface area contributed by atoms with E-state index in [1.54, 1.807) is 0 Å². The van der Waals surface area contributed by atoms with Crippen LogP contribution in [0.25, 0.3) is 0 Å². The van der Waals surface area contributed by atoms with Gasteiger partial charge in [0.2, 0.25) is 0 Å². The molecule has 1 heterocycles. The van der Waals surface area contributed by atoms with Crippen LogP contribution in [0.5, 0.6) is 0 Å². The highest BCUT2D eigenvalue weighted by atomic mass is 35.5. The molecule has 2 aliphatic carbocycles. The molecule has 0 aromatic carbocycles. The molecule has 1 aromatic heterocycles. The summed E-state index contributed by atoms with van der Waals surface area (Å²) in [5.41, 5.74) is 0.316. The van der Waals surface area contributed by atoms with Crippen molar-refractivity contribution in [3.63, 3.8) is 0 Å². The van der Waals surface area contributed by atoms with Crippen LogP contribution in [0.1, 0.15) is 61.8 Å². The second kappa shape index (κ2) is 5.32. The summed E-state index contributed by atoms with van der Waals surface area (Å²) in [6.45, 7) is 4.00. The van der Waals surface area contributed by atoms with E-state index in [0.717, 1.165) is 0 Å². The van der Waals surface area contributed by atoms with E-state index in [2.05, 4.69) is 15.3 Å². The molecule has 2 aliphatic rings. The molecule has 1 amide bonds. The molecule has 0 radical (unpaired) electrons. The summed E-state index contributed by atoms with van der Waals surface area (Å²) in [6.07, 6.45) is 6.46. The Bertz CT molecular complexity index is 512. The molecule has 108 valence electrons. The summed E-state index contributed by atoms with van der Waals surface area (Å²) in [5.74, 6) is 2.02. The van der Waals surface area contributed by atoms with Crippen molar-refractivity contribution < 1.29 is 4.79 Å². The van der Waals surface area contributed by atoms with Crippen LogP contribution in [0, 0.1) is 11.8 Å². The number of nitrogens with zero attached hydrogens (tertiary/aromatic N) is 2. The number of amides is 1. The Kier molecular flexibility index (Phi) is 3.67. The van der Waals surface area contributed by atoms with E-state index in [-0.39, 0.29) is 11.8 Å². The van der Waals surface area contributed by atoms with Gasteiger partial charge < -0.3 is 5.32 Å². The summed E-state index contributed by atoms with van der Waals surface area (Å²) in [5, 5.41) is 3.48. The fourth-order valence-electron chi connectivity index (χ4n) is 2.57. The van der Waals surface area contributed by atoms with Crippen LogP contribution in [0.2, 0.25) is 5.02 Å². The Morgan fingerprint density at radius 3 is 2.40 bits per heavy atom. The number of hydrogen-bond donors (Lipinski definition) is 1. The standard InChI is InChI=1S/C15H20ClN3O/c1-8(2)14-17-7-11(16)13(18-14)15(20)19-12(9-3-4-9)10-5-6-10/h7-10,12H,3-6H2,1-2H3,(H,19,20). The van der Waals surface area contributed by atoms with Crippen molar-refractivity contribution in [2.75, 3.05) is 0 Å². The summed E-state index contributed by atoms with van der Waals surface area (Å²) in [6, 6.07) is 0.316. The minimum absolute atomic E-state index is 0.150. The van der Waals surface area contributed by atoms with E-state index < -0.39 is 0 Å². The summed E-state index contributed by atoms with van der Waals surface area (Å²) < 4.78 is 0. The zero-order valence-electron chi connectivity index (χ0n) is 11.9. The molecular formula is C15H20ClN3O. The highest BCUT2D eigenvalue weighted by Gasteiger charge is 2.42. The summed E-state index contributed by atoms with van der Waals surface area (Å²) >= 11 is 6.08. The van der Waals surface area contributed by atoms with Crippen LogP contribution in [0.15, 0.2) is 6.20 Å². The van der Waals surface area contributed by atoms with E-state index in [1.165, 1.54) is 31.9 Å². The number of nitrogens with one attached hydrogen (secondary N) is 1. The highest BCUT2D eigenvalue weighted by Crippen LogP contribution is 2.44. The van der Waals surface area contributed by atoms with E-state index >= 15 is 0 Å². The Balaban J connectivity index is 1.77. The molecule has 0 aliphatic heterocycles. The number of carbonyl (C=O) groups is 1. The van der Waals surface area contributed by atoms with Crippen LogP contribution in [0.4, 0.5) is 0 Å². The highest BCUT2D eigenvalue weighted by molar-refractivity contribution is 6.33. The van der Waals surface area contributed by atoms with Crippen molar-refractivity contribution in [2.24, 2.45) is 11.8 Å². The van der Waals surface area contributed by atoms with Gasteiger partial charge in [-0.2, -0.15) is 0 Å². The van der Waals surface area contributed by atoms with Gasteiger partial charge in [0, 0.05) is 12.0 Å². The van der Waals surface area contributed by atoms with Crippen molar-refractivity contribution in [3.8, 4) is 0 Å². The van der Waals surface area contributed by atoms with Crippen LogP contribution in [-0.4, -0.2) is 21.9 Å². The Morgan fingerprint density at radius 1 is 1.30 bits per heavy atom. The van der Waals surface area contributed by atoms with Crippen molar-refractivity contribution >= 4 is 17.5 Å². The van der Waals surface area contributed by atoms with E-state index in [4.69, 9.17) is 11.6 Å². The van der Waals surface area contributed by atoms with Crippen molar-refractivity contribution in [1.82, 2.24) is 15.3 Å². The SMILES string of the molecule is CC(C)c1ncc(Cl)c(C(=O)NC(C2CC2)C2CC2)n1. The monoisotopic (exact) mass is 293 g/mol. The molecule has 2 saturated carbocycles. The zero-order chi connectivity index (χ0) is 14.3. The Labute approximate surface area is 124 Å². The second-order valence-electron chi connectivity index (χ2n) is 6.25. The van der Waals surface area contributed by atoms with Gasteiger partial charge in [-0.25, -0.2) is 9.97 Å². The molecule has 0 unspecified atom stereocenters. The number of halogens is 1. The maximum atomic E-state index is 12.4. The topological polar surface area (TPSA) is 54.9 Å². The maximum Gasteiger partial charge on any atom is 0.271 e. The molecule has 2 fully saturated rings. The number of carbonyl (C=O) groups excluding carboxylic acids is 1. The van der Waals surface area contributed by atoms with Crippen LogP contribution >= 0.6 is 11.6 Å². The maximum absolute atomic E-state index is 12.4. The van der Waals surface area contributed by atoms with E-state index in [9.17, 15) is 4.79 Å². The van der Waals surface area contributed by atoms with Crippen molar-refractivity contribution in [3.05, 3.63) is 22.7 Å². The van der Waals surface area contributed by atoms with Gasteiger partial charge >= 0.3 is 0 Å². The molecule has 1 aromatic rings. The molecule has 20 heavy (non-hydrogen) atoms. The molecule has 0 bridgehead atoms. The van der Waals surface area contributed by atoms with Gasteiger partial charge in [0.15, 0.2) is 0 Å². The lowest BCUT2D eigenvalue weighted by Gasteiger charge is -2.18. The molecule has 4 nitrogen and oxygen atoms in total.